The van der Waals surface area contributed by atoms with Gasteiger partial charge in [0.2, 0.25) is 0 Å². The van der Waals surface area contributed by atoms with Crippen LogP contribution in [0.3, 0.4) is 0 Å². The summed E-state index contributed by atoms with van der Waals surface area (Å²) in [4.78, 5) is 0. The molecule has 0 aliphatic rings. The normalized spacial score (nSPS) is 10.3. The van der Waals surface area contributed by atoms with Crippen LogP contribution in [0, 0.1) is 6.92 Å². The van der Waals surface area contributed by atoms with Crippen molar-refractivity contribution in [1.82, 2.24) is 20.4 Å². The number of hydrogen-bond acceptors (Lipinski definition) is 3. The summed E-state index contributed by atoms with van der Waals surface area (Å²) >= 11 is 5.16. The number of methoxy groups -OCH3 is 1. The zero-order chi connectivity index (χ0) is 12.7. The van der Waals surface area contributed by atoms with E-state index in [1.165, 1.54) is 0 Å². The fourth-order valence-corrected chi connectivity index (χ4v) is 1.65. The number of nitrogens with zero attached hydrogens (tertiary/aromatic N) is 2. The Labute approximate surface area is 108 Å². The first-order valence-corrected chi connectivity index (χ1v) is 6.04. The van der Waals surface area contributed by atoms with Crippen LogP contribution in [0.2, 0.25) is 0 Å². The lowest BCUT2D eigenvalue weighted by atomic mass is 10.3. The van der Waals surface area contributed by atoms with Gasteiger partial charge in [0, 0.05) is 45.6 Å². The average Bonchev–Trinajstić information content (AvgIpc) is 2.61. The van der Waals surface area contributed by atoms with Crippen molar-refractivity contribution in [2.45, 2.75) is 19.9 Å². The molecule has 0 spiro atoms. The summed E-state index contributed by atoms with van der Waals surface area (Å²) in [6.45, 7) is 4.27. The molecule has 0 aliphatic carbocycles. The van der Waals surface area contributed by atoms with Gasteiger partial charge < -0.3 is 15.4 Å². The monoisotopic (exact) mass is 256 g/mol. The molecule has 5 nitrogen and oxygen atoms in total. The highest BCUT2D eigenvalue weighted by Gasteiger charge is 2.03. The van der Waals surface area contributed by atoms with Crippen LogP contribution in [0.25, 0.3) is 0 Å². The predicted molar refractivity (Wildman–Crippen MR) is 71.9 cm³/mol. The molecule has 0 fully saturated rings. The predicted octanol–water partition coefficient (Wildman–Crippen LogP) is 0.729. The second-order valence-corrected chi connectivity index (χ2v) is 4.28. The van der Waals surface area contributed by atoms with Gasteiger partial charge in [-0.15, -0.1) is 0 Å². The highest BCUT2D eigenvalue weighted by atomic mass is 32.1. The van der Waals surface area contributed by atoms with Crippen LogP contribution in [0.4, 0.5) is 0 Å². The summed E-state index contributed by atoms with van der Waals surface area (Å²) in [6, 6.07) is 0. The van der Waals surface area contributed by atoms with Crippen molar-refractivity contribution in [2.75, 3.05) is 20.3 Å². The molecule has 1 aromatic heterocycles. The molecule has 17 heavy (non-hydrogen) atoms. The maximum atomic E-state index is 5.16. The first-order valence-electron chi connectivity index (χ1n) is 5.63. The molecule has 0 radical (unpaired) electrons. The van der Waals surface area contributed by atoms with Crippen LogP contribution >= 0.6 is 12.2 Å². The van der Waals surface area contributed by atoms with E-state index in [0.717, 1.165) is 30.8 Å². The lowest BCUT2D eigenvalue weighted by Crippen LogP contribution is -2.35. The van der Waals surface area contributed by atoms with E-state index in [4.69, 9.17) is 17.0 Å². The molecule has 0 saturated heterocycles. The second kappa shape index (κ2) is 7.24. The van der Waals surface area contributed by atoms with Crippen molar-refractivity contribution < 1.29 is 4.74 Å². The zero-order valence-corrected chi connectivity index (χ0v) is 11.4. The van der Waals surface area contributed by atoms with Crippen LogP contribution in [0.15, 0.2) is 6.20 Å². The second-order valence-electron chi connectivity index (χ2n) is 3.87. The summed E-state index contributed by atoms with van der Waals surface area (Å²) in [6.07, 6.45) is 2.94. The Morgan fingerprint density at radius 1 is 1.53 bits per heavy atom. The summed E-state index contributed by atoms with van der Waals surface area (Å²) in [5.41, 5.74) is 2.19. The number of rotatable bonds is 6. The van der Waals surface area contributed by atoms with Gasteiger partial charge in [0.1, 0.15) is 0 Å². The van der Waals surface area contributed by atoms with Crippen LogP contribution in [-0.2, 0) is 18.3 Å². The summed E-state index contributed by atoms with van der Waals surface area (Å²) in [5.74, 6) is 0. The first kappa shape index (κ1) is 13.9. The molecular weight excluding hydrogens is 236 g/mol. The summed E-state index contributed by atoms with van der Waals surface area (Å²) in [7, 11) is 3.61. The van der Waals surface area contributed by atoms with E-state index in [1.54, 1.807) is 11.8 Å². The van der Waals surface area contributed by atoms with Gasteiger partial charge in [-0.25, -0.2) is 0 Å². The minimum absolute atomic E-state index is 0.671. The van der Waals surface area contributed by atoms with E-state index < -0.39 is 0 Å². The maximum absolute atomic E-state index is 5.16. The van der Waals surface area contributed by atoms with Gasteiger partial charge in [0.15, 0.2) is 5.11 Å². The Morgan fingerprint density at radius 3 is 2.88 bits per heavy atom. The molecule has 0 saturated carbocycles. The van der Waals surface area contributed by atoms with Crippen molar-refractivity contribution >= 4 is 17.3 Å². The Bertz CT molecular complexity index is 364. The van der Waals surface area contributed by atoms with Crippen molar-refractivity contribution in [1.29, 1.82) is 0 Å². The maximum Gasteiger partial charge on any atom is 0.166 e. The smallest absolute Gasteiger partial charge is 0.166 e. The molecule has 6 heteroatoms. The van der Waals surface area contributed by atoms with Gasteiger partial charge in [0.05, 0.1) is 5.69 Å². The Hall–Kier alpha value is -1.14. The number of hydrogen-bond donors (Lipinski definition) is 2. The van der Waals surface area contributed by atoms with Crippen LogP contribution in [0.1, 0.15) is 17.7 Å². The molecule has 2 N–H and O–H groups in total. The standard InChI is InChI=1S/C11H20N4OS/c1-9-10(8-15(2)14-9)7-13-11(17)12-5-4-6-16-3/h8H,4-7H2,1-3H3,(H2,12,13,17). The van der Waals surface area contributed by atoms with E-state index in [0.29, 0.717) is 11.7 Å². The Kier molecular flexibility index (Phi) is 5.93. The number of aromatic nitrogens is 2. The molecule has 96 valence electrons. The Balaban J connectivity index is 2.21. The minimum Gasteiger partial charge on any atom is -0.385 e. The first-order chi connectivity index (χ1) is 8.13. The fourth-order valence-electron chi connectivity index (χ4n) is 1.48. The van der Waals surface area contributed by atoms with Crippen molar-refractivity contribution in [3.63, 3.8) is 0 Å². The van der Waals surface area contributed by atoms with E-state index in [-0.39, 0.29) is 0 Å². The number of aryl methyl sites for hydroxylation is 2. The Morgan fingerprint density at radius 2 is 2.29 bits per heavy atom. The number of thiocarbonyl (C=S) groups is 1. The lowest BCUT2D eigenvalue weighted by Gasteiger charge is -2.09. The fraction of sp³-hybridized carbons (Fsp3) is 0.636. The molecular formula is C11H20N4OS. The molecule has 0 aromatic carbocycles. The molecule has 0 bridgehead atoms. The number of nitrogens with one attached hydrogen (secondary N) is 2. The van der Waals surface area contributed by atoms with Gasteiger partial charge in [0.25, 0.3) is 0 Å². The molecule has 0 atom stereocenters. The SMILES string of the molecule is COCCCNC(=S)NCc1cn(C)nc1C. The molecule has 1 aromatic rings. The molecule has 0 aliphatic heterocycles. The van der Waals surface area contributed by atoms with Crippen molar-refractivity contribution in [2.24, 2.45) is 7.05 Å². The van der Waals surface area contributed by atoms with Gasteiger partial charge in [-0.2, -0.15) is 5.10 Å². The van der Waals surface area contributed by atoms with Gasteiger partial charge >= 0.3 is 0 Å². The highest BCUT2D eigenvalue weighted by molar-refractivity contribution is 7.80. The van der Waals surface area contributed by atoms with Crippen LogP contribution < -0.4 is 10.6 Å². The van der Waals surface area contributed by atoms with Crippen molar-refractivity contribution in [3.8, 4) is 0 Å². The number of ether oxygens (including phenoxy) is 1. The third-order valence-corrected chi connectivity index (χ3v) is 2.65. The topological polar surface area (TPSA) is 51.1 Å². The third kappa shape index (κ3) is 5.14. The van der Waals surface area contributed by atoms with Gasteiger partial charge in [-0.05, 0) is 25.6 Å². The van der Waals surface area contributed by atoms with E-state index in [9.17, 15) is 0 Å². The minimum atomic E-state index is 0.671. The molecule has 0 amide bonds. The zero-order valence-electron chi connectivity index (χ0n) is 10.6. The quantitative estimate of drug-likeness (QED) is 0.580. The summed E-state index contributed by atoms with van der Waals surface area (Å²) < 4.78 is 6.76. The van der Waals surface area contributed by atoms with E-state index in [1.807, 2.05) is 20.2 Å². The summed E-state index contributed by atoms with van der Waals surface area (Å²) in [5, 5.41) is 11.2. The van der Waals surface area contributed by atoms with Crippen molar-refractivity contribution in [3.05, 3.63) is 17.5 Å². The molecule has 0 unspecified atom stereocenters. The molecule has 1 rings (SSSR count). The van der Waals surface area contributed by atoms with E-state index in [2.05, 4.69) is 15.7 Å². The van der Waals surface area contributed by atoms with Gasteiger partial charge in [-0.1, -0.05) is 0 Å². The largest absolute Gasteiger partial charge is 0.385 e. The van der Waals surface area contributed by atoms with Crippen LogP contribution in [-0.4, -0.2) is 35.2 Å². The lowest BCUT2D eigenvalue weighted by molar-refractivity contribution is 0.195. The van der Waals surface area contributed by atoms with E-state index >= 15 is 0 Å². The molecule has 1 heterocycles. The van der Waals surface area contributed by atoms with Crippen LogP contribution in [0.5, 0.6) is 0 Å². The highest BCUT2D eigenvalue weighted by Crippen LogP contribution is 2.03. The van der Waals surface area contributed by atoms with Gasteiger partial charge in [-0.3, -0.25) is 4.68 Å². The average molecular weight is 256 g/mol. The third-order valence-electron chi connectivity index (χ3n) is 2.37.